The molecule has 1 aromatic carbocycles. The number of amides is 2. The fourth-order valence-electron chi connectivity index (χ4n) is 1.24. The van der Waals surface area contributed by atoms with Gasteiger partial charge in [-0.2, -0.15) is 13.2 Å². The second-order valence-corrected chi connectivity index (χ2v) is 3.98. The van der Waals surface area contributed by atoms with Crippen molar-refractivity contribution in [2.45, 2.75) is 32.5 Å². The number of urea groups is 1. The highest BCUT2D eigenvalue weighted by atomic mass is 19.4. The summed E-state index contributed by atoms with van der Waals surface area (Å²) in [5, 5.41) is 5.12. The smallest absolute Gasteiger partial charge is 0.335 e. The molecule has 0 aliphatic carbocycles. The van der Waals surface area contributed by atoms with Crippen LogP contribution in [0.4, 0.5) is 23.7 Å². The minimum absolute atomic E-state index is 0.0134. The van der Waals surface area contributed by atoms with E-state index in [0.29, 0.717) is 5.69 Å². The molecule has 0 fully saturated rings. The first kappa shape index (κ1) is 14.3. The van der Waals surface area contributed by atoms with Crippen LogP contribution in [0.1, 0.15) is 25.8 Å². The van der Waals surface area contributed by atoms with Crippen molar-refractivity contribution in [1.29, 1.82) is 0 Å². The minimum atomic E-state index is -4.36. The molecule has 1 aromatic rings. The van der Waals surface area contributed by atoms with Crippen LogP contribution in [0, 0.1) is 0 Å². The highest BCUT2D eigenvalue weighted by molar-refractivity contribution is 5.89. The normalized spacial score (nSPS) is 12.9. The van der Waals surface area contributed by atoms with Crippen molar-refractivity contribution in [3.63, 3.8) is 0 Å². The maximum atomic E-state index is 12.3. The number of carbonyl (C=O) groups is 1. The van der Waals surface area contributed by atoms with Crippen molar-refractivity contribution in [3.8, 4) is 0 Å². The summed E-state index contributed by atoms with van der Waals surface area (Å²) in [5.41, 5.74) is -0.417. The molecular formula is C12H15F3N2O. The maximum Gasteiger partial charge on any atom is 0.416 e. The van der Waals surface area contributed by atoms with Gasteiger partial charge in [-0.05, 0) is 37.6 Å². The first-order valence-corrected chi connectivity index (χ1v) is 5.57. The summed E-state index contributed by atoms with van der Waals surface area (Å²) in [6.45, 7) is 3.76. The quantitative estimate of drug-likeness (QED) is 0.856. The highest BCUT2D eigenvalue weighted by Gasteiger charge is 2.29. The SMILES string of the molecule is CC[C@@H](C)NC(=O)Nc1ccc(C(F)(F)F)cc1. The van der Waals surface area contributed by atoms with E-state index in [1.807, 2.05) is 13.8 Å². The van der Waals surface area contributed by atoms with Gasteiger partial charge in [0, 0.05) is 11.7 Å². The van der Waals surface area contributed by atoms with Crippen molar-refractivity contribution in [2.24, 2.45) is 0 Å². The molecule has 1 rings (SSSR count). The van der Waals surface area contributed by atoms with Crippen LogP contribution in [-0.2, 0) is 6.18 Å². The van der Waals surface area contributed by atoms with E-state index in [1.54, 1.807) is 0 Å². The second kappa shape index (κ2) is 5.75. The summed E-state index contributed by atoms with van der Waals surface area (Å²) in [6.07, 6.45) is -3.59. The number of anilines is 1. The number of halogens is 3. The standard InChI is InChI=1S/C12H15F3N2O/c1-3-8(2)16-11(18)17-10-6-4-9(5-7-10)12(13,14)15/h4-8H,3H2,1-2H3,(H2,16,17,18)/t8-/m1/s1. The van der Waals surface area contributed by atoms with Gasteiger partial charge in [0.25, 0.3) is 0 Å². The van der Waals surface area contributed by atoms with E-state index in [4.69, 9.17) is 0 Å². The predicted octanol–water partition coefficient (Wildman–Crippen LogP) is 3.63. The lowest BCUT2D eigenvalue weighted by Gasteiger charge is -2.13. The monoisotopic (exact) mass is 260 g/mol. The third kappa shape index (κ3) is 4.27. The number of benzene rings is 1. The number of nitrogens with one attached hydrogen (secondary N) is 2. The zero-order chi connectivity index (χ0) is 13.8. The minimum Gasteiger partial charge on any atom is -0.335 e. The van der Waals surface area contributed by atoms with Crippen molar-refractivity contribution >= 4 is 11.7 Å². The Kier molecular flexibility index (Phi) is 4.58. The Balaban J connectivity index is 2.61. The van der Waals surface area contributed by atoms with Crippen LogP contribution in [0.15, 0.2) is 24.3 Å². The Morgan fingerprint density at radius 1 is 1.28 bits per heavy atom. The Hall–Kier alpha value is -1.72. The van der Waals surface area contributed by atoms with Crippen LogP contribution < -0.4 is 10.6 Å². The number of alkyl halides is 3. The molecule has 0 aromatic heterocycles. The zero-order valence-electron chi connectivity index (χ0n) is 10.1. The maximum absolute atomic E-state index is 12.3. The zero-order valence-corrected chi connectivity index (χ0v) is 10.1. The molecule has 2 amide bonds. The molecular weight excluding hydrogens is 245 g/mol. The number of carbonyl (C=O) groups excluding carboxylic acids is 1. The molecule has 100 valence electrons. The van der Waals surface area contributed by atoms with Crippen molar-refractivity contribution < 1.29 is 18.0 Å². The molecule has 0 heterocycles. The lowest BCUT2D eigenvalue weighted by atomic mass is 10.2. The van der Waals surface area contributed by atoms with Crippen LogP contribution in [0.2, 0.25) is 0 Å². The van der Waals surface area contributed by atoms with E-state index in [2.05, 4.69) is 10.6 Å². The first-order valence-electron chi connectivity index (χ1n) is 5.57. The number of rotatable bonds is 3. The topological polar surface area (TPSA) is 41.1 Å². The van der Waals surface area contributed by atoms with Gasteiger partial charge in [-0.3, -0.25) is 0 Å². The molecule has 6 heteroatoms. The summed E-state index contributed by atoms with van der Waals surface area (Å²) in [4.78, 5) is 11.4. The summed E-state index contributed by atoms with van der Waals surface area (Å²) in [7, 11) is 0. The van der Waals surface area contributed by atoms with Gasteiger partial charge < -0.3 is 10.6 Å². The molecule has 0 radical (unpaired) electrons. The van der Waals surface area contributed by atoms with Gasteiger partial charge in [-0.1, -0.05) is 6.92 Å². The molecule has 0 aliphatic heterocycles. The van der Waals surface area contributed by atoms with Gasteiger partial charge in [-0.25, -0.2) is 4.79 Å². The fraction of sp³-hybridized carbons (Fsp3) is 0.417. The van der Waals surface area contributed by atoms with E-state index < -0.39 is 17.8 Å². The van der Waals surface area contributed by atoms with Gasteiger partial charge in [0.15, 0.2) is 0 Å². The average Bonchev–Trinajstić information content (AvgIpc) is 2.28. The molecule has 0 bridgehead atoms. The van der Waals surface area contributed by atoms with Crippen LogP contribution in [0.5, 0.6) is 0 Å². The second-order valence-electron chi connectivity index (χ2n) is 3.98. The molecule has 2 N–H and O–H groups in total. The van der Waals surface area contributed by atoms with Crippen LogP contribution in [-0.4, -0.2) is 12.1 Å². The van der Waals surface area contributed by atoms with E-state index in [0.717, 1.165) is 18.6 Å². The van der Waals surface area contributed by atoms with Gasteiger partial charge in [0.05, 0.1) is 5.56 Å². The largest absolute Gasteiger partial charge is 0.416 e. The molecule has 0 spiro atoms. The molecule has 1 atom stereocenters. The summed E-state index contributed by atoms with van der Waals surface area (Å²) < 4.78 is 36.9. The highest BCUT2D eigenvalue weighted by Crippen LogP contribution is 2.29. The lowest BCUT2D eigenvalue weighted by molar-refractivity contribution is -0.137. The molecule has 0 saturated carbocycles. The molecule has 0 saturated heterocycles. The predicted molar refractivity (Wildman–Crippen MR) is 63.4 cm³/mol. The molecule has 0 unspecified atom stereocenters. The number of hydrogen-bond donors (Lipinski definition) is 2. The van der Waals surface area contributed by atoms with Gasteiger partial charge in [0.1, 0.15) is 0 Å². The van der Waals surface area contributed by atoms with Gasteiger partial charge >= 0.3 is 12.2 Å². The van der Waals surface area contributed by atoms with E-state index in [-0.39, 0.29) is 6.04 Å². The summed E-state index contributed by atoms with van der Waals surface area (Å²) >= 11 is 0. The molecule has 0 aliphatic rings. The Labute approximate surface area is 103 Å². The van der Waals surface area contributed by atoms with Crippen LogP contribution in [0.25, 0.3) is 0 Å². The lowest BCUT2D eigenvalue weighted by Crippen LogP contribution is -2.35. The number of hydrogen-bond acceptors (Lipinski definition) is 1. The van der Waals surface area contributed by atoms with Crippen LogP contribution >= 0.6 is 0 Å². The Morgan fingerprint density at radius 3 is 2.28 bits per heavy atom. The summed E-state index contributed by atoms with van der Waals surface area (Å²) in [6, 6.07) is 3.89. The van der Waals surface area contributed by atoms with Gasteiger partial charge in [0.2, 0.25) is 0 Å². The van der Waals surface area contributed by atoms with E-state index >= 15 is 0 Å². The van der Waals surface area contributed by atoms with Crippen molar-refractivity contribution in [1.82, 2.24) is 5.32 Å². The fourth-order valence-corrected chi connectivity index (χ4v) is 1.24. The van der Waals surface area contributed by atoms with E-state index in [1.165, 1.54) is 12.1 Å². The van der Waals surface area contributed by atoms with Crippen LogP contribution in [0.3, 0.4) is 0 Å². The van der Waals surface area contributed by atoms with E-state index in [9.17, 15) is 18.0 Å². The van der Waals surface area contributed by atoms with Crippen molar-refractivity contribution in [3.05, 3.63) is 29.8 Å². The molecule has 3 nitrogen and oxygen atoms in total. The Morgan fingerprint density at radius 2 is 1.83 bits per heavy atom. The third-order valence-corrected chi connectivity index (χ3v) is 2.46. The first-order chi connectivity index (χ1) is 8.32. The van der Waals surface area contributed by atoms with Gasteiger partial charge in [-0.15, -0.1) is 0 Å². The summed E-state index contributed by atoms with van der Waals surface area (Å²) in [5.74, 6) is 0. The average molecular weight is 260 g/mol. The molecule has 18 heavy (non-hydrogen) atoms. The third-order valence-electron chi connectivity index (χ3n) is 2.46. The Bertz CT molecular complexity index is 401. The van der Waals surface area contributed by atoms with Crippen molar-refractivity contribution in [2.75, 3.05) is 5.32 Å².